The molecule has 24 heavy (non-hydrogen) atoms. The van der Waals surface area contributed by atoms with Crippen molar-refractivity contribution in [3.8, 4) is 5.75 Å². The molecule has 0 bridgehead atoms. The first-order valence-electron chi connectivity index (χ1n) is 8.39. The third kappa shape index (κ3) is 3.55. The molecule has 1 aliphatic heterocycles. The fourth-order valence-corrected chi connectivity index (χ4v) is 3.39. The number of Topliss-reactive ketones (excluding diaryl/α,β-unsaturated/α-hetero) is 1. The first-order chi connectivity index (χ1) is 11.5. The van der Waals surface area contributed by atoms with Gasteiger partial charge in [0.25, 0.3) is 5.91 Å². The lowest BCUT2D eigenvalue weighted by Crippen LogP contribution is -2.38. The van der Waals surface area contributed by atoms with Gasteiger partial charge in [-0.25, -0.2) is 0 Å². The van der Waals surface area contributed by atoms with Gasteiger partial charge in [0.2, 0.25) is 5.78 Å². The molecule has 1 saturated carbocycles. The molecule has 1 heterocycles. The number of hydrogen-bond acceptors (Lipinski definition) is 4. The predicted molar refractivity (Wildman–Crippen MR) is 89.3 cm³/mol. The Morgan fingerprint density at radius 1 is 1.12 bits per heavy atom. The number of nitrogens with zero attached hydrogens (tertiary/aromatic N) is 1. The summed E-state index contributed by atoms with van der Waals surface area (Å²) in [5, 5.41) is 0. The smallest absolute Gasteiger partial charge is 0.308 e. The van der Waals surface area contributed by atoms with Crippen molar-refractivity contribution in [3.05, 3.63) is 35.4 Å². The quantitative estimate of drug-likeness (QED) is 0.371. The number of esters is 1. The maximum Gasteiger partial charge on any atom is 0.308 e. The van der Waals surface area contributed by atoms with Crippen LogP contribution in [0.3, 0.4) is 0 Å². The van der Waals surface area contributed by atoms with Crippen LogP contribution >= 0.6 is 0 Å². The van der Waals surface area contributed by atoms with E-state index in [1.165, 1.54) is 13.3 Å². The molecule has 2 aliphatic rings. The van der Waals surface area contributed by atoms with Gasteiger partial charge in [-0.15, -0.1) is 0 Å². The molecule has 5 nitrogen and oxygen atoms in total. The SMILES string of the molecule is CC(=O)Oc1ccc(/C=C2\CN(C3CCCCC3)C(=O)C2=O)cc1. The van der Waals surface area contributed by atoms with E-state index in [9.17, 15) is 14.4 Å². The molecule has 0 radical (unpaired) electrons. The first-order valence-corrected chi connectivity index (χ1v) is 8.39. The Morgan fingerprint density at radius 2 is 1.79 bits per heavy atom. The fraction of sp³-hybridized carbons (Fsp3) is 0.421. The molecule has 5 heteroatoms. The molecule has 1 amide bonds. The van der Waals surface area contributed by atoms with Gasteiger partial charge in [-0.05, 0) is 36.6 Å². The van der Waals surface area contributed by atoms with Gasteiger partial charge in [0.15, 0.2) is 0 Å². The Bertz CT molecular complexity index is 684. The van der Waals surface area contributed by atoms with Crippen LogP contribution in [0, 0.1) is 0 Å². The predicted octanol–water partition coefficient (Wildman–Crippen LogP) is 2.74. The molecule has 0 N–H and O–H groups in total. The van der Waals surface area contributed by atoms with Crippen LogP contribution in [-0.2, 0) is 14.4 Å². The molecule has 0 spiro atoms. The van der Waals surface area contributed by atoms with Crippen molar-refractivity contribution in [2.45, 2.75) is 45.1 Å². The summed E-state index contributed by atoms with van der Waals surface area (Å²) in [5.74, 6) is -0.683. The number of carbonyl (C=O) groups is 3. The normalized spacial score (nSPS) is 20.7. The zero-order valence-corrected chi connectivity index (χ0v) is 13.8. The second-order valence-electron chi connectivity index (χ2n) is 6.39. The molecule has 1 aromatic carbocycles. The minimum atomic E-state index is -0.398. The van der Waals surface area contributed by atoms with Crippen LogP contribution in [0.4, 0.5) is 0 Å². The molecule has 2 fully saturated rings. The molecule has 1 aromatic rings. The maximum atomic E-state index is 12.3. The Morgan fingerprint density at radius 3 is 2.42 bits per heavy atom. The van der Waals surface area contributed by atoms with Crippen molar-refractivity contribution in [1.82, 2.24) is 4.90 Å². The number of likely N-dealkylation sites (tertiary alicyclic amines) is 1. The van der Waals surface area contributed by atoms with Crippen LogP contribution in [-0.4, -0.2) is 35.1 Å². The Balaban J connectivity index is 1.74. The zero-order valence-electron chi connectivity index (χ0n) is 13.8. The van der Waals surface area contributed by atoms with E-state index in [0.29, 0.717) is 17.9 Å². The van der Waals surface area contributed by atoms with Crippen molar-refractivity contribution in [3.63, 3.8) is 0 Å². The summed E-state index contributed by atoms with van der Waals surface area (Å²) in [6.45, 7) is 1.74. The maximum absolute atomic E-state index is 12.3. The van der Waals surface area contributed by atoms with Crippen LogP contribution in [0.25, 0.3) is 6.08 Å². The number of ether oxygens (including phenoxy) is 1. The summed E-state index contributed by atoms with van der Waals surface area (Å²) in [4.78, 5) is 37.2. The van der Waals surface area contributed by atoms with E-state index in [2.05, 4.69) is 0 Å². The molecule has 0 atom stereocenters. The van der Waals surface area contributed by atoms with Gasteiger partial charge in [0, 0.05) is 18.5 Å². The van der Waals surface area contributed by atoms with Crippen molar-refractivity contribution < 1.29 is 19.1 Å². The van der Waals surface area contributed by atoms with Crippen LogP contribution in [0.15, 0.2) is 29.8 Å². The van der Waals surface area contributed by atoms with Gasteiger partial charge < -0.3 is 9.64 Å². The lowest BCUT2D eigenvalue weighted by Gasteiger charge is -2.30. The summed E-state index contributed by atoms with van der Waals surface area (Å²) in [6.07, 6.45) is 7.19. The number of rotatable bonds is 3. The van der Waals surface area contributed by atoms with Gasteiger partial charge in [-0.1, -0.05) is 31.4 Å². The summed E-state index contributed by atoms with van der Waals surface area (Å²) < 4.78 is 4.98. The highest BCUT2D eigenvalue weighted by Crippen LogP contribution is 2.28. The van der Waals surface area contributed by atoms with Crippen molar-refractivity contribution >= 4 is 23.7 Å². The summed E-state index contributed by atoms with van der Waals surface area (Å²) in [6, 6.07) is 7.09. The summed E-state index contributed by atoms with van der Waals surface area (Å²) in [5.41, 5.74) is 1.35. The average molecular weight is 327 g/mol. The van der Waals surface area contributed by atoms with E-state index >= 15 is 0 Å². The van der Waals surface area contributed by atoms with Gasteiger partial charge in [0.05, 0.1) is 6.54 Å². The Kier molecular flexibility index (Phi) is 4.79. The highest BCUT2D eigenvalue weighted by molar-refractivity contribution is 6.46. The third-order valence-electron chi connectivity index (χ3n) is 4.59. The largest absolute Gasteiger partial charge is 0.427 e. The zero-order chi connectivity index (χ0) is 17.1. The van der Waals surface area contributed by atoms with Gasteiger partial charge in [-0.3, -0.25) is 14.4 Å². The molecule has 126 valence electrons. The monoisotopic (exact) mass is 327 g/mol. The lowest BCUT2D eigenvalue weighted by atomic mass is 9.94. The molecule has 1 aliphatic carbocycles. The number of carbonyl (C=O) groups excluding carboxylic acids is 3. The second kappa shape index (κ2) is 6.99. The fourth-order valence-electron chi connectivity index (χ4n) is 3.39. The van der Waals surface area contributed by atoms with E-state index < -0.39 is 5.78 Å². The minimum absolute atomic E-state index is 0.201. The van der Waals surface area contributed by atoms with Crippen LogP contribution in [0.5, 0.6) is 5.75 Å². The molecule has 0 aromatic heterocycles. The van der Waals surface area contributed by atoms with Crippen LogP contribution in [0.2, 0.25) is 0 Å². The Hall–Kier alpha value is -2.43. The van der Waals surface area contributed by atoms with Crippen LogP contribution < -0.4 is 4.74 Å². The van der Waals surface area contributed by atoms with Gasteiger partial charge in [-0.2, -0.15) is 0 Å². The summed E-state index contributed by atoms with van der Waals surface area (Å²) in [7, 11) is 0. The van der Waals surface area contributed by atoms with E-state index in [0.717, 1.165) is 31.2 Å². The summed E-state index contributed by atoms with van der Waals surface area (Å²) >= 11 is 0. The molecule has 1 saturated heterocycles. The van der Waals surface area contributed by atoms with Crippen molar-refractivity contribution in [1.29, 1.82) is 0 Å². The number of hydrogen-bond donors (Lipinski definition) is 0. The van der Waals surface area contributed by atoms with Crippen LogP contribution in [0.1, 0.15) is 44.6 Å². The van der Waals surface area contributed by atoms with Crippen molar-refractivity contribution in [2.24, 2.45) is 0 Å². The third-order valence-corrected chi connectivity index (χ3v) is 4.59. The van der Waals surface area contributed by atoms with Crippen molar-refractivity contribution in [2.75, 3.05) is 6.54 Å². The number of ketones is 1. The van der Waals surface area contributed by atoms with E-state index in [-0.39, 0.29) is 17.9 Å². The molecular formula is C19H21NO4. The molecular weight excluding hydrogens is 306 g/mol. The Labute approximate surface area is 141 Å². The van der Waals surface area contributed by atoms with Gasteiger partial charge >= 0.3 is 5.97 Å². The average Bonchev–Trinajstić information content (AvgIpc) is 2.85. The standard InChI is InChI=1S/C19H21NO4/c1-13(21)24-17-9-7-14(8-10-17)11-15-12-20(19(23)18(15)22)16-5-3-2-4-6-16/h7-11,16H,2-6,12H2,1H3/b15-11+. The highest BCUT2D eigenvalue weighted by atomic mass is 16.5. The van der Waals surface area contributed by atoms with Gasteiger partial charge in [0.1, 0.15) is 5.75 Å². The molecule has 0 unspecified atom stereocenters. The number of benzene rings is 1. The lowest BCUT2D eigenvalue weighted by molar-refractivity contribution is -0.140. The van der Waals surface area contributed by atoms with E-state index in [1.54, 1.807) is 35.2 Å². The highest BCUT2D eigenvalue weighted by Gasteiger charge is 2.38. The topological polar surface area (TPSA) is 63.7 Å². The molecule has 3 rings (SSSR count). The minimum Gasteiger partial charge on any atom is -0.427 e. The second-order valence-corrected chi connectivity index (χ2v) is 6.39. The van der Waals surface area contributed by atoms with E-state index in [1.807, 2.05) is 0 Å². The number of amides is 1. The first kappa shape index (κ1) is 16.4. The van der Waals surface area contributed by atoms with E-state index in [4.69, 9.17) is 4.74 Å².